The van der Waals surface area contributed by atoms with Crippen molar-refractivity contribution < 1.29 is 5.11 Å². The molecule has 1 heterocycles. The topological polar surface area (TPSA) is 63.0 Å². The maximum Gasteiger partial charge on any atom is 0.158 e. The summed E-state index contributed by atoms with van der Waals surface area (Å²) in [5.74, 6) is 1.71. The van der Waals surface area contributed by atoms with Crippen molar-refractivity contribution in [1.82, 2.24) is 14.8 Å². The van der Waals surface area contributed by atoms with E-state index >= 15 is 0 Å². The van der Waals surface area contributed by atoms with Crippen molar-refractivity contribution >= 4 is 5.69 Å². The second kappa shape index (κ2) is 5.63. The minimum atomic E-state index is -0.0569. The number of aryl methyl sites for hydroxylation is 1. The Bertz CT molecular complexity index is 567. The van der Waals surface area contributed by atoms with E-state index in [4.69, 9.17) is 5.11 Å². The third-order valence-electron chi connectivity index (χ3n) is 3.02. The van der Waals surface area contributed by atoms with E-state index in [-0.39, 0.29) is 12.0 Å². The van der Waals surface area contributed by atoms with Gasteiger partial charge in [-0.1, -0.05) is 20.8 Å². The lowest BCUT2D eigenvalue weighted by Gasteiger charge is -2.12. The maximum atomic E-state index is 8.79. The smallest absolute Gasteiger partial charge is 0.158 e. The summed E-state index contributed by atoms with van der Waals surface area (Å²) in [4.78, 5) is 4.63. The van der Waals surface area contributed by atoms with Crippen LogP contribution in [0.1, 0.15) is 26.6 Å². The fourth-order valence-corrected chi connectivity index (χ4v) is 1.89. The number of hydrogen-bond acceptors (Lipinski definition) is 4. The lowest BCUT2D eigenvalue weighted by atomic mass is 9.96. The number of nitrogens with zero attached hydrogens (tertiary/aromatic N) is 3. The zero-order valence-corrected chi connectivity index (χ0v) is 12.5. The Balaban J connectivity index is 2.25. The van der Waals surface area contributed by atoms with Gasteiger partial charge >= 0.3 is 0 Å². The highest BCUT2D eigenvalue weighted by Crippen LogP contribution is 2.24. The molecule has 0 unspecified atom stereocenters. The van der Waals surface area contributed by atoms with Crippen molar-refractivity contribution in [1.29, 1.82) is 0 Å². The van der Waals surface area contributed by atoms with Gasteiger partial charge in [0.25, 0.3) is 0 Å². The number of nitrogens with one attached hydrogen (secondary N) is 1. The summed E-state index contributed by atoms with van der Waals surface area (Å²) < 4.78 is 1.82. The van der Waals surface area contributed by atoms with Crippen molar-refractivity contribution in [2.45, 2.75) is 26.2 Å². The molecule has 0 aliphatic carbocycles. The van der Waals surface area contributed by atoms with E-state index in [2.05, 4.69) is 36.2 Å². The van der Waals surface area contributed by atoms with Gasteiger partial charge in [-0.15, -0.1) is 0 Å². The van der Waals surface area contributed by atoms with Crippen molar-refractivity contribution in [2.75, 3.05) is 18.5 Å². The summed E-state index contributed by atoms with van der Waals surface area (Å²) in [5.41, 5.74) is 1.96. The van der Waals surface area contributed by atoms with Crippen LogP contribution in [-0.2, 0) is 12.5 Å². The monoisotopic (exact) mass is 274 g/mol. The largest absolute Gasteiger partial charge is 0.395 e. The zero-order valence-electron chi connectivity index (χ0n) is 12.5. The zero-order chi connectivity index (χ0) is 14.8. The first kappa shape index (κ1) is 14.5. The van der Waals surface area contributed by atoms with Gasteiger partial charge in [-0.05, 0) is 24.3 Å². The van der Waals surface area contributed by atoms with Gasteiger partial charge in [0.1, 0.15) is 0 Å². The molecule has 5 heteroatoms. The van der Waals surface area contributed by atoms with Crippen LogP contribution >= 0.6 is 0 Å². The Hall–Kier alpha value is -1.88. The van der Waals surface area contributed by atoms with Gasteiger partial charge in [-0.3, -0.25) is 0 Å². The van der Waals surface area contributed by atoms with Crippen molar-refractivity contribution in [2.24, 2.45) is 7.05 Å². The van der Waals surface area contributed by atoms with E-state index in [1.54, 1.807) is 0 Å². The molecule has 108 valence electrons. The Morgan fingerprint density at radius 2 is 1.85 bits per heavy atom. The summed E-state index contributed by atoms with van der Waals surface area (Å²) >= 11 is 0. The quantitative estimate of drug-likeness (QED) is 0.897. The average molecular weight is 274 g/mol. The molecule has 0 saturated carbocycles. The summed E-state index contributed by atoms with van der Waals surface area (Å²) in [5, 5.41) is 16.4. The van der Waals surface area contributed by atoms with Crippen LogP contribution in [0.5, 0.6) is 0 Å². The number of aliphatic hydroxyl groups excluding tert-OH is 1. The molecule has 2 aromatic rings. The third kappa shape index (κ3) is 3.17. The highest BCUT2D eigenvalue weighted by atomic mass is 16.3. The summed E-state index contributed by atoms with van der Waals surface area (Å²) in [6, 6.07) is 7.99. The molecule has 1 aromatic heterocycles. The van der Waals surface area contributed by atoms with Crippen LogP contribution in [0.3, 0.4) is 0 Å². The van der Waals surface area contributed by atoms with Crippen LogP contribution in [-0.4, -0.2) is 33.0 Å². The molecule has 0 atom stereocenters. The second-order valence-corrected chi connectivity index (χ2v) is 5.86. The Morgan fingerprint density at radius 1 is 1.20 bits per heavy atom. The predicted octanol–water partition coefficient (Wildman–Crippen LogP) is 2.18. The molecule has 0 spiro atoms. The van der Waals surface area contributed by atoms with Crippen LogP contribution < -0.4 is 5.32 Å². The molecule has 0 aliphatic heterocycles. The van der Waals surface area contributed by atoms with E-state index in [0.717, 1.165) is 22.9 Å². The molecular weight excluding hydrogens is 252 g/mol. The normalized spacial score (nSPS) is 11.7. The highest BCUT2D eigenvalue weighted by molar-refractivity contribution is 5.60. The molecule has 0 saturated heterocycles. The fourth-order valence-electron chi connectivity index (χ4n) is 1.89. The standard InChI is InChI=1S/C15H22N4O/c1-15(2,3)14-17-13(19(4)18-14)11-5-7-12(8-6-11)16-9-10-20/h5-8,16,20H,9-10H2,1-4H3. The van der Waals surface area contributed by atoms with Crippen molar-refractivity contribution in [3.05, 3.63) is 30.1 Å². The number of benzene rings is 1. The SMILES string of the molecule is Cn1nc(C(C)(C)C)nc1-c1ccc(NCCO)cc1. The van der Waals surface area contributed by atoms with Crippen LogP contribution in [0.2, 0.25) is 0 Å². The molecule has 20 heavy (non-hydrogen) atoms. The lowest BCUT2D eigenvalue weighted by Crippen LogP contribution is -2.13. The molecule has 5 nitrogen and oxygen atoms in total. The number of hydrogen-bond donors (Lipinski definition) is 2. The molecule has 2 N–H and O–H groups in total. The van der Waals surface area contributed by atoms with Crippen molar-refractivity contribution in [3.63, 3.8) is 0 Å². The maximum absolute atomic E-state index is 8.79. The first-order valence-electron chi connectivity index (χ1n) is 6.78. The molecular formula is C15H22N4O. The van der Waals surface area contributed by atoms with Crippen LogP contribution in [0.25, 0.3) is 11.4 Å². The number of aromatic nitrogens is 3. The minimum absolute atomic E-state index is 0.0569. The summed E-state index contributed by atoms with van der Waals surface area (Å²) in [6.07, 6.45) is 0. The van der Waals surface area contributed by atoms with E-state index in [0.29, 0.717) is 6.54 Å². The molecule has 0 fully saturated rings. The van der Waals surface area contributed by atoms with E-state index < -0.39 is 0 Å². The summed E-state index contributed by atoms with van der Waals surface area (Å²) in [6.45, 7) is 6.99. The van der Waals surface area contributed by atoms with Gasteiger partial charge in [-0.25, -0.2) is 9.67 Å². The van der Waals surface area contributed by atoms with Gasteiger partial charge in [0, 0.05) is 30.3 Å². The summed E-state index contributed by atoms with van der Waals surface area (Å²) in [7, 11) is 1.91. The van der Waals surface area contributed by atoms with E-state index in [1.807, 2.05) is 36.0 Å². The molecule has 0 bridgehead atoms. The number of aliphatic hydroxyl groups is 1. The Morgan fingerprint density at radius 3 is 2.35 bits per heavy atom. The van der Waals surface area contributed by atoms with Crippen LogP contribution in [0.4, 0.5) is 5.69 Å². The first-order chi connectivity index (χ1) is 9.41. The first-order valence-corrected chi connectivity index (χ1v) is 6.78. The Kier molecular flexibility index (Phi) is 4.09. The number of anilines is 1. The molecule has 1 aromatic carbocycles. The lowest BCUT2D eigenvalue weighted by molar-refractivity contribution is 0.311. The third-order valence-corrected chi connectivity index (χ3v) is 3.02. The van der Waals surface area contributed by atoms with Gasteiger partial charge < -0.3 is 10.4 Å². The number of rotatable bonds is 4. The minimum Gasteiger partial charge on any atom is -0.395 e. The fraction of sp³-hybridized carbons (Fsp3) is 0.467. The van der Waals surface area contributed by atoms with E-state index in [1.165, 1.54) is 0 Å². The molecule has 0 amide bonds. The van der Waals surface area contributed by atoms with Gasteiger partial charge in [0.05, 0.1) is 6.61 Å². The van der Waals surface area contributed by atoms with Gasteiger partial charge in [-0.2, -0.15) is 5.10 Å². The molecule has 0 radical (unpaired) electrons. The van der Waals surface area contributed by atoms with Crippen molar-refractivity contribution in [3.8, 4) is 11.4 Å². The average Bonchev–Trinajstić information content (AvgIpc) is 2.79. The van der Waals surface area contributed by atoms with Crippen LogP contribution in [0, 0.1) is 0 Å². The molecule has 0 aliphatic rings. The van der Waals surface area contributed by atoms with Gasteiger partial charge in [0.2, 0.25) is 0 Å². The van der Waals surface area contributed by atoms with Crippen LogP contribution in [0.15, 0.2) is 24.3 Å². The second-order valence-electron chi connectivity index (χ2n) is 5.86. The predicted molar refractivity (Wildman–Crippen MR) is 80.7 cm³/mol. The van der Waals surface area contributed by atoms with E-state index in [9.17, 15) is 0 Å². The molecule has 2 rings (SSSR count). The highest BCUT2D eigenvalue weighted by Gasteiger charge is 2.21. The Labute approximate surface area is 119 Å². The van der Waals surface area contributed by atoms with Gasteiger partial charge in [0.15, 0.2) is 11.6 Å².